The molecule has 0 saturated carbocycles. The first-order chi connectivity index (χ1) is 7.22. The summed E-state index contributed by atoms with van der Waals surface area (Å²) in [5.41, 5.74) is -0.508. The highest BCUT2D eigenvalue weighted by atomic mass is 32.2. The van der Waals surface area contributed by atoms with Crippen molar-refractivity contribution in [2.45, 2.75) is 39.7 Å². The summed E-state index contributed by atoms with van der Waals surface area (Å²) >= 11 is 0. The Morgan fingerprint density at radius 1 is 1.50 bits per heavy atom. The predicted molar refractivity (Wildman–Crippen MR) is 60.6 cm³/mol. The second kappa shape index (κ2) is 4.33. The van der Waals surface area contributed by atoms with Gasteiger partial charge in [-0.25, -0.2) is 8.42 Å². The van der Waals surface area contributed by atoms with E-state index < -0.39 is 27.4 Å². The van der Waals surface area contributed by atoms with Gasteiger partial charge < -0.3 is 5.11 Å². The lowest BCUT2D eigenvalue weighted by Gasteiger charge is -2.42. The quantitative estimate of drug-likeness (QED) is 0.806. The van der Waals surface area contributed by atoms with Crippen LogP contribution in [0.5, 0.6) is 0 Å². The molecule has 1 N–H and O–H groups in total. The van der Waals surface area contributed by atoms with Crippen molar-refractivity contribution in [3.8, 4) is 0 Å². The van der Waals surface area contributed by atoms with E-state index in [0.717, 1.165) is 17.1 Å². The van der Waals surface area contributed by atoms with E-state index in [0.29, 0.717) is 6.54 Å². The van der Waals surface area contributed by atoms with Crippen molar-refractivity contribution in [2.24, 2.45) is 5.41 Å². The van der Waals surface area contributed by atoms with Crippen LogP contribution in [0, 0.1) is 5.41 Å². The van der Waals surface area contributed by atoms with Crippen molar-refractivity contribution in [1.29, 1.82) is 0 Å². The Hall–Kier alpha value is -0.620. The minimum absolute atomic E-state index is 0.0487. The summed E-state index contributed by atoms with van der Waals surface area (Å²) in [6.45, 7) is 5.47. The molecule has 6 heteroatoms. The molecular formula is C10H19NO4S. The number of piperidine rings is 1. The Bertz CT molecular complexity index is 374. The van der Waals surface area contributed by atoms with Crippen LogP contribution in [-0.2, 0) is 14.8 Å². The second-order valence-electron chi connectivity index (χ2n) is 4.84. The van der Waals surface area contributed by atoms with Crippen molar-refractivity contribution >= 4 is 16.0 Å². The molecule has 1 saturated heterocycles. The highest BCUT2D eigenvalue weighted by Gasteiger charge is 2.46. The van der Waals surface area contributed by atoms with E-state index in [9.17, 15) is 18.3 Å². The first kappa shape index (κ1) is 13.4. The zero-order valence-electron chi connectivity index (χ0n) is 9.93. The molecule has 1 unspecified atom stereocenters. The van der Waals surface area contributed by atoms with E-state index >= 15 is 0 Å². The first-order valence-corrected chi connectivity index (χ1v) is 7.05. The number of carboxylic acids is 1. The number of carboxylic acid groups (broad SMARTS) is 1. The molecule has 16 heavy (non-hydrogen) atoms. The molecule has 0 amide bonds. The summed E-state index contributed by atoms with van der Waals surface area (Å²) < 4.78 is 24.8. The Morgan fingerprint density at radius 3 is 2.50 bits per heavy atom. The number of hydrogen-bond acceptors (Lipinski definition) is 3. The van der Waals surface area contributed by atoms with Gasteiger partial charge in [0, 0.05) is 6.54 Å². The summed E-state index contributed by atoms with van der Waals surface area (Å²) in [5.74, 6) is -1.10. The molecular weight excluding hydrogens is 230 g/mol. The van der Waals surface area contributed by atoms with Gasteiger partial charge in [-0.2, -0.15) is 4.31 Å². The van der Waals surface area contributed by atoms with Crippen LogP contribution in [0.1, 0.15) is 33.6 Å². The second-order valence-corrected chi connectivity index (χ2v) is 7.05. The first-order valence-electron chi connectivity index (χ1n) is 5.44. The van der Waals surface area contributed by atoms with E-state index in [1.165, 1.54) is 6.92 Å². The van der Waals surface area contributed by atoms with Gasteiger partial charge in [-0.1, -0.05) is 13.8 Å². The fourth-order valence-corrected chi connectivity index (χ4v) is 3.70. The zero-order chi connectivity index (χ0) is 12.6. The van der Waals surface area contributed by atoms with Crippen LogP contribution >= 0.6 is 0 Å². The van der Waals surface area contributed by atoms with Gasteiger partial charge in [0.05, 0.1) is 5.75 Å². The van der Waals surface area contributed by atoms with Crippen molar-refractivity contribution in [3.63, 3.8) is 0 Å². The highest BCUT2D eigenvalue weighted by Crippen LogP contribution is 2.36. The third-order valence-electron chi connectivity index (χ3n) is 3.18. The summed E-state index contributed by atoms with van der Waals surface area (Å²) in [4.78, 5) is 11.2. The van der Waals surface area contributed by atoms with Gasteiger partial charge in [0.25, 0.3) is 0 Å². The molecule has 0 aromatic carbocycles. The minimum atomic E-state index is -3.43. The number of aliphatic carboxylic acids is 1. The molecule has 1 heterocycles. The molecule has 5 nitrogen and oxygen atoms in total. The summed E-state index contributed by atoms with van der Waals surface area (Å²) in [5, 5.41) is 9.20. The number of sulfonamides is 1. The largest absolute Gasteiger partial charge is 0.480 e. The summed E-state index contributed by atoms with van der Waals surface area (Å²) in [6, 6.07) is -0.939. The van der Waals surface area contributed by atoms with Gasteiger partial charge in [0.15, 0.2) is 0 Å². The maximum atomic E-state index is 11.8. The van der Waals surface area contributed by atoms with Gasteiger partial charge in [0.1, 0.15) is 6.04 Å². The lowest BCUT2D eigenvalue weighted by molar-refractivity contribution is -0.147. The van der Waals surface area contributed by atoms with Gasteiger partial charge >= 0.3 is 5.97 Å². The van der Waals surface area contributed by atoms with E-state index in [1.54, 1.807) is 0 Å². The average molecular weight is 249 g/mol. The molecule has 0 radical (unpaired) electrons. The third-order valence-corrected chi connectivity index (χ3v) is 5.02. The monoisotopic (exact) mass is 249 g/mol. The molecule has 1 fully saturated rings. The Labute approximate surface area is 96.5 Å². The Balaban J connectivity index is 3.13. The molecule has 1 atom stereocenters. The van der Waals surface area contributed by atoms with Crippen LogP contribution in [-0.4, -0.2) is 42.1 Å². The molecule has 0 bridgehead atoms. The van der Waals surface area contributed by atoms with Gasteiger partial charge in [0.2, 0.25) is 10.0 Å². The van der Waals surface area contributed by atoms with E-state index in [4.69, 9.17) is 0 Å². The standard InChI is InChI=1S/C10H19NO4S/c1-4-16(14,15)11-7-5-6-10(2,3)8(11)9(12)13/h8H,4-7H2,1-3H3,(H,12,13). The molecule has 0 aliphatic carbocycles. The van der Waals surface area contributed by atoms with Crippen molar-refractivity contribution in [3.05, 3.63) is 0 Å². The lowest BCUT2D eigenvalue weighted by atomic mass is 9.77. The molecule has 0 aromatic rings. The molecule has 94 valence electrons. The number of nitrogens with zero attached hydrogens (tertiary/aromatic N) is 1. The van der Waals surface area contributed by atoms with Gasteiger partial charge in [-0.3, -0.25) is 4.79 Å². The SMILES string of the molecule is CCS(=O)(=O)N1CCCC(C)(C)C1C(=O)O. The van der Waals surface area contributed by atoms with Gasteiger partial charge in [-0.05, 0) is 25.2 Å². The smallest absolute Gasteiger partial charge is 0.322 e. The summed E-state index contributed by atoms with van der Waals surface area (Å²) in [7, 11) is -3.43. The van der Waals surface area contributed by atoms with Crippen LogP contribution in [0.15, 0.2) is 0 Å². The number of carbonyl (C=O) groups is 1. The van der Waals surface area contributed by atoms with Crippen molar-refractivity contribution < 1.29 is 18.3 Å². The fraction of sp³-hybridized carbons (Fsp3) is 0.900. The molecule has 0 aromatic heterocycles. The van der Waals surface area contributed by atoms with Crippen LogP contribution in [0.3, 0.4) is 0 Å². The maximum Gasteiger partial charge on any atom is 0.322 e. The Kier molecular flexibility index (Phi) is 3.64. The van der Waals surface area contributed by atoms with E-state index in [-0.39, 0.29) is 5.75 Å². The Morgan fingerprint density at radius 2 is 2.06 bits per heavy atom. The average Bonchev–Trinajstić information content (AvgIpc) is 2.15. The van der Waals surface area contributed by atoms with Crippen molar-refractivity contribution in [1.82, 2.24) is 4.31 Å². The topological polar surface area (TPSA) is 74.7 Å². The highest BCUT2D eigenvalue weighted by molar-refractivity contribution is 7.89. The van der Waals surface area contributed by atoms with Crippen LogP contribution in [0.2, 0.25) is 0 Å². The predicted octanol–water partition coefficient (Wildman–Crippen LogP) is 0.911. The normalized spacial score (nSPS) is 26.6. The maximum absolute atomic E-state index is 11.8. The zero-order valence-corrected chi connectivity index (χ0v) is 10.7. The third kappa shape index (κ3) is 2.38. The minimum Gasteiger partial charge on any atom is -0.480 e. The molecule has 1 rings (SSSR count). The number of rotatable bonds is 3. The molecule has 0 spiro atoms. The van der Waals surface area contributed by atoms with E-state index in [2.05, 4.69) is 0 Å². The van der Waals surface area contributed by atoms with Crippen LogP contribution < -0.4 is 0 Å². The summed E-state index contributed by atoms with van der Waals surface area (Å²) in [6.07, 6.45) is 1.45. The fourth-order valence-electron chi connectivity index (χ4n) is 2.27. The van der Waals surface area contributed by atoms with Gasteiger partial charge in [-0.15, -0.1) is 0 Å². The number of hydrogen-bond donors (Lipinski definition) is 1. The molecule has 1 aliphatic heterocycles. The van der Waals surface area contributed by atoms with E-state index in [1.807, 2.05) is 13.8 Å². The lowest BCUT2D eigenvalue weighted by Crippen LogP contribution is -2.56. The van der Waals surface area contributed by atoms with Crippen LogP contribution in [0.4, 0.5) is 0 Å². The van der Waals surface area contributed by atoms with Crippen molar-refractivity contribution in [2.75, 3.05) is 12.3 Å². The molecule has 1 aliphatic rings. The van der Waals surface area contributed by atoms with Crippen LogP contribution in [0.25, 0.3) is 0 Å².